The lowest BCUT2D eigenvalue weighted by atomic mass is 10.1. The molecule has 1 aromatic heterocycles. The number of esters is 1. The summed E-state index contributed by atoms with van der Waals surface area (Å²) in [5, 5.41) is 2.71. The van der Waals surface area contributed by atoms with Crippen molar-refractivity contribution in [2.45, 2.75) is 0 Å². The van der Waals surface area contributed by atoms with Crippen molar-refractivity contribution in [3.8, 4) is 0 Å². The number of hydrogen-bond donors (Lipinski definition) is 1. The maximum atomic E-state index is 12.3. The second-order valence-corrected chi connectivity index (χ2v) is 4.99. The van der Waals surface area contributed by atoms with Gasteiger partial charge in [-0.15, -0.1) is 0 Å². The van der Waals surface area contributed by atoms with E-state index >= 15 is 0 Å². The number of para-hydroxylation sites is 1. The number of amides is 1. The monoisotopic (exact) mass is 313 g/mol. The highest BCUT2D eigenvalue weighted by Gasteiger charge is 2.14. The van der Waals surface area contributed by atoms with Gasteiger partial charge in [0, 0.05) is 5.56 Å². The number of methoxy groups -OCH3 is 1. The van der Waals surface area contributed by atoms with Crippen molar-refractivity contribution in [1.82, 2.24) is 8.75 Å². The van der Waals surface area contributed by atoms with Crippen LogP contribution in [0.1, 0.15) is 20.7 Å². The van der Waals surface area contributed by atoms with Gasteiger partial charge in [-0.25, -0.2) is 4.79 Å². The Labute approximate surface area is 130 Å². The van der Waals surface area contributed by atoms with E-state index in [0.29, 0.717) is 22.3 Å². The third kappa shape index (κ3) is 2.66. The first-order chi connectivity index (χ1) is 10.7. The van der Waals surface area contributed by atoms with Crippen molar-refractivity contribution >= 4 is 40.3 Å². The summed E-state index contributed by atoms with van der Waals surface area (Å²) in [5.74, 6) is -0.832. The highest BCUT2D eigenvalue weighted by Crippen LogP contribution is 2.19. The summed E-state index contributed by atoms with van der Waals surface area (Å²) in [6, 6.07) is 11.7. The maximum absolute atomic E-state index is 12.3. The van der Waals surface area contributed by atoms with E-state index in [1.54, 1.807) is 42.5 Å². The first-order valence-corrected chi connectivity index (χ1v) is 7.13. The lowest BCUT2D eigenvalue weighted by molar-refractivity contribution is 0.0602. The van der Waals surface area contributed by atoms with Crippen molar-refractivity contribution < 1.29 is 14.3 Å². The lowest BCUT2D eigenvalue weighted by Gasteiger charge is -2.09. The molecule has 0 saturated carbocycles. The van der Waals surface area contributed by atoms with E-state index in [-0.39, 0.29) is 5.91 Å². The Balaban J connectivity index is 1.89. The van der Waals surface area contributed by atoms with Crippen LogP contribution in [0.2, 0.25) is 0 Å². The number of fused-ring (bicyclic) bond motifs is 1. The van der Waals surface area contributed by atoms with Gasteiger partial charge in [0.1, 0.15) is 11.0 Å². The third-order valence-corrected chi connectivity index (χ3v) is 3.65. The Bertz CT molecular complexity index is 860. The zero-order chi connectivity index (χ0) is 15.5. The third-order valence-electron chi connectivity index (χ3n) is 3.10. The van der Waals surface area contributed by atoms with Crippen molar-refractivity contribution in [3.63, 3.8) is 0 Å². The predicted octanol–water partition coefficient (Wildman–Crippen LogP) is 2.73. The molecule has 0 fully saturated rings. The summed E-state index contributed by atoms with van der Waals surface area (Å²) in [7, 11) is 1.30. The molecule has 1 amide bonds. The molecule has 0 aliphatic heterocycles. The van der Waals surface area contributed by atoms with E-state index < -0.39 is 5.97 Å². The van der Waals surface area contributed by atoms with Crippen LogP contribution < -0.4 is 5.32 Å². The standard InChI is InChI=1S/C15H11N3O3S/c1-21-15(20)10-4-2-3-5-11(10)16-14(19)9-6-7-12-13(8-9)18-22-17-12/h2-8H,1H3,(H,16,19). The van der Waals surface area contributed by atoms with Gasteiger partial charge < -0.3 is 10.1 Å². The van der Waals surface area contributed by atoms with Gasteiger partial charge in [0.15, 0.2) is 0 Å². The number of hydrogen-bond acceptors (Lipinski definition) is 6. The van der Waals surface area contributed by atoms with Crippen molar-refractivity contribution in [2.75, 3.05) is 12.4 Å². The number of rotatable bonds is 3. The number of aromatic nitrogens is 2. The molecule has 3 aromatic rings. The molecule has 0 bridgehead atoms. The first kappa shape index (κ1) is 14.2. The Morgan fingerprint density at radius 1 is 1.09 bits per heavy atom. The molecular weight excluding hydrogens is 302 g/mol. The molecule has 2 aromatic carbocycles. The molecule has 110 valence electrons. The number of nitrogens with zero attached hydrogens (tertiary/aromatic N) is 2. The molecule has 0 unspecified atom stereocenters. The van der Waals surface area contributed by atoms with Crippen molar-refractivity contribution in [2.24, 2.45) is 0 Å². The van der Waals surface area contributed by atoms with E-state index in [4.69, 9.17) is 4.74 Å². The molecule has 1 heterocycles. The highest BCUT2D eigenvalue weighted by molar-refractivity contribution is 7.00. The minimum absolute atomic E-state index is 0.301. The van der Waals surface area contributed by atoms with Crippen LogP contribution in [0, 0.1) is 0 Å². The van der Waals surface area contributed by atoms with Gasteiger partial charge in [0.05, 0.1) is 30.1 Å². The average Bonchev–Trinajstić information content (AvgIpc) is 3.02. The minimum atomic E-state index is -0.505. The summed E-state index contributed by atoms with van der Waals surface area (Å²) in [6.07, 6.45) is 0. The molecule has 1 N–H and O–H groups in total. The largest absolute Gasteiger partial charge is 0.465 e. The normalized spacial score (nSPS) is 10.4. The van der Waals surface area contributed by atoms with Gasteiger partial charge in [0.2, 0.25) is 0 Å². The highest BCUT2D eigenvalue weighted by atomic mass is 32.1. The topological polar surface area (TPSA) is 81.2 Å². The van der Waals surface area contributed by atoms with Crippen LogP contribution in [0.3, 0.4) is 0 Å². The fourth-order valence-electron chi connectivity index (χ4n) is 2.00. The van der Waals surface area contributed by atoms with Gasteiger partial charge in [-0.05, 0) is 30.3 Å². The minimum Gasteiger partial charge on any atom is -0.465 e. The molecule has 0 radical (unpaired) electrons. The van der Waals surface area contributed by atoms with E-state index in [0.717, 1.165) is 17.2 Å². The molecule has 3 rings (SSSR count). The lowest BCUT2D eigenvalue weighted by Crippen LogP contribution is -2.15. The predicted molar refractivity (Wildman–Crippen MR) is 83.1 cm³/mol. The van der Waals surface area contributed by atoms with Crippen LogP contribution in [-0.2, 0) is 4.74 Å². The Morgan fingerprint density at radius 3 is 2.68 bits per heavy atom. The molecule has 0 aliphatic carbocycles. The SMILES string of the molecule is COC(=O)c1ccccc1NC(=O)c1ccc2nsnc2c1. The molecule has 0 saturated heterocycles. The zero-order valence-electron chi connectivity index (χ0n) is 11.6. The molecular formula is C15H11N3O3S. The van der Waals surface area contributed by atoms with Crippen LogP contribution >= 0.6 is 11.7 Å². The molecule has 22 heavy (non-hydrogen) atoms. The van der Waals surface area contributed by atoms with Gasteiger partial charge >= 0.3 is 5.97 Å². The molecule has 7 heteroatoms. The van der Waals surface area contributed by atoms with Crippen LogP contribution in [0.25, 0.3) is 11.0 Å². The fraction of sp³-hybridized carbons (Fsp3) is 0.0667. The van der Waals surface area contributed by atoms with Gasteiger partial charge in [-0.3, -0.25) is 4.79 Å². The number of carbonyl (C=O) groups is 2. The van der Waals surface area contributed by atoms with Crippen LogP contribution in [0.15, 0.2) is 42.5 Å². The molecule has 0 atom stereocenters. The number of carbonyl (C=O) groups excluding carboxylic acids is 2. The second-order valence-electron chi connectivity index (χ2n) is 4.46. The van der Waals surface area contributed by atoms with Crippen LogP contribution in [0.5, 0.6) is 0 Å². The average molecular weight is 313 g/mol. The quantitative estimate of drug-likeness (QED) is 0.752. The zero-order valence-corrected chi connectivity index (χ0v) is 12.4. The molecule has 0 spiro atoms. The Hall–Kier alpha value is -2.80. The first-order valence-electron chi connectivity index (χ1n) is 6.40. The number of anilines is 1. The van der Waals surface area contributed by atoms with E-state index in [1.165, 1.54) is 7.11 Å². The smallest absolute Gasteiger partial charge is 0.339 e. The second kappa shape index (κ2) is 5.90. The number of benzene rings is 2. The fourth-order valence-corrected chi connectivity index (χ4v) is 2.52. The van der Waals surface area contributed by atoms with Gasteiger partial charge in [-0.2, -0.15) is 8.75 Å². The summed E-state index contributed by atoms with van der Waals surface area (Å²) < 4.78 is 12.9. The number of nitrogens with one attached hydrogen (secondary N) is 1. The van der Waals surface area contributed by atoms with Crippen molar-refractivity contribution in [1.29, 1.82) is 0 Å². The summed E-state index contributed by atoms with van der Waals surface area (Å²) in [6.45, 7) is 0. The van der Waals surface area contributed by atoms with E-state index in [2.05, 4.69) is 14.1 Å². The van der Waals surface area contributed by atoms with E-state index in [9.17, 15) is 9.59 Å². The number of ether oxygens (including phenoxy) is 1. The summed E-state index contributed by atoms with van der Waals surface area (Å²) in [5.41, 5.74) is 2.56. The summed E-state index contributed by atoms with van der Waals surface area (Å²) >= 11 is 1.09. The van der Waals surface area contributed by atoms with Gasteiger partial charge in [-0.1, -0.05) is 12.1 Å². The maximum Gasteiger partial charge on any atom is 0.339 e. The van der Waals surface area contributed by atoms with E-state index in [1.807, 2.05) is 0 Å². The van der Waals surface area contributed by atoms with Gasteiger partial charge in [0.25, 0.3) is 5.91 Å². The molecule has 0 aliphatic rings. The Kier molecular flexibility index (Phi) is 3.80. The molecule has 6 nitrogen and oxygen atoms in total. The van der Waals surface area contributed by atoms with Crippen LogP contribution in [-0.4, -0.2) is 27.7 Å². The summed E-state index contributed by atoms with van der Waals surface area (Å²) in [4.78, 5) is 24.0. The Morgan fingerprint density at radius 2 is 1.86 bits per heavy atom. The van der Waals surface area contributed by atoms with Crippen LogP contribution in [0.4, 0.5) is 5.69 Å². The van der Waals surface area contributed by atoms with Crippen molar-refractivity contribution in [3.05, 3.63) is 53.6 Å².